The molecule has 0 saturated heterocycles. The number of nitrogens with two attached hydrogens (primary N) is 1. The van der Waals surface area contributed by atoms with Gasteiger partial charge in [0, 0.05) is 6.54 Å². The van der Waals surface area contributed by atoms with Crippen LogP contribution in [0.3, 0.4) is 0 Å². The molecular formula is C9H13N3O2. The summed E-state index contributed by atoms with van der Waals surface area (Å²) < 4.78 is 5.00. The fourth-order valence-electron chi connectivity index (χ4n) is 0.977. The van der Waals surface area contributed by atoms with Crippen molar-refractivity contribution in [3.63, 3.8) is 0 Å². The SMILES string of the molecule is COc1ccc(CNNC(N)=O)cc1. The summed E-state index contributed by atoms with van der Waals surface area (Å²) in [7, 11) is 1.61. The topological polar surface area (TPSA) is 76.4 Å². The van der Waals surface area contributed by atoms with Gasteiger partial charge in [-0.05, 0) is 17.7 Å². The molecule has 1 aromatic carbocycles. The second-order valence-corrected chi connectivity index (χ2v) is 2.69. The van der Waals surface area contributed by atoms with E-state index in [1.165, 1.54) is 0 Å². The minimum Gasteiger partial charge on any atom is -0.497 e. The molecule has 5 nitrogen and oxygen atoms in total. The van der Waals surface area contributed by atoms with Crippen LogP contribution in [0, 0.1) is 0 Å². The quantitative estimate of drug-likeness (QED) is 0.607. The number of rotatable bonds is 4. The van der Waals surface area contributed by atoms with Crippen LogP contribution in [0.1, 0.15) is 5.56 Å². The van der Waals surface area contributed by atoms with E-state index in [0.29, 0.717) is 6.54 Å². The average Bonchev–Trinajstić information content (AvgIpc) is 2.18. The van der Waals surface area contributed by atoms with Crippen LogP contribution >= 0.6 is 0 Å². The molecule has 0 aliphatic rings. The van der Waals surface area contributed by atoms with Crippen LogP contribution in [-0.4, -0.2) is 13.1 Å². The Bertz CT molecular complexity index is 297. The van der Waals surface area contributed by atoms with Crippen molar-refractivity contribution in [3.8, 4) is 5.75 Å². The Morgan fingerprint density at radius 1 is 1.43 bits per heavy atom. The van der Waals surface area contributed by atoms with Gasteiger partial charge in [0.2, 0.25) is 0 Å². The van der Waals surface area contributed by atoms with E-state index in [-0.39, 0.29) is 0 Å². The first-order chi connectivity index (χ1) is 6.72. The van der Waals surface area contributed by atoms with Crippen LogP contribution in [0.4, 0.5) is 4.79 Å². The lowest BCUT2D eigenvalue weighted by molar-refractivity contribution is 0.244. The molecule has 0 fully saturated rings. The van der Waals surface area contributed by atoms with Gasteiger partial charge in [0.25, 0.3) is 0 Å². The molecule has 1 rings (SSSR count). The highest BCUT2D eigenvalue weighted by Crippen LogP contribution is 2.10. The van der Waals surface area contributed by atoms with Gasteiger partial charge in [0.15, 0.2) is 0 Å². The Hall–Kier alpha value is -1.75. The molecule has 76 valence electrons. The summed E-state index contributed by atoms with van der Waals surface area (Å²) >= 11 is 0. The number of amides is 2. The zero-order valence-electron chi connectivity index (χ0n) is 7.91. The fourth-order valence-corrected chi connectivity index (χ4v) is 0.977. The van der Waals surface area contributed by atoms with Crippen molar-refractivity contribution in [2.45, 2.75) is 6.54 Å². The first-order valence-electron chi connectivity index (χ1n) is 4.13. The molecule has 1 aromatic rings. The van der Waals surface area contributed by atoms with Crippen LogP contribution < -0.4 is 21.3 Å². The van der Waals surface area contributed by atoms with Gasteiger partial charge in [0.05, 0.1) is 7.11 Å². The van der Waals surface area contributed by atoms with Gasteiger partial charge in [-0.25, -0.2) is 10.2 Å². The molecule has 0 atom stereocenters. The molecule has 0 unspecified atom stereocenters. The molecule has 0 aromatic heterocycles. The number of hydrazine groups is 1. The van der Waals surface area contributed by atoms with E-state index in [1.807, 2.05) is 24.3 Å². The lowest BCUT2D eigenvalue weighted by Crippen LogP contribution is -2.40. The molecule has 0 heterocycles. The predicted molar refractivity (Wildman–Crippen MR) is 52.6 cm³/mol. The maximum absolute atomic E-state index is 10.3. The van der Waals surface area contributed by atoms with Crippen molar-refractivity contribution in [2.24, 2.45) is 5.73 Å². The molecule has 4 N–H and O–H groups in total. The highest BCUT2D eigenvalue weighted by Gasteiger charge is 1.94. The standard InChI is InChI=1S/C9H13N3O2/c1-14-8-4-2-7(3-5-8)6-11-12-9(10)13/h2-5,11H,6H2,1H3,(H3,10,12,13). The van der Waals surface area contributed by atoms with E-state index in [9.17, 15) is 4.79 Å². The summed E-state index contributed by atoms with van der Waals surface area (Å²) in [5.41, 5.74) is 10.9. The van der Waals surface area contributed by atoms with Crippen LogP contribution in [0.5, 0.6) is 5.75 Å². The summed E-state index contributed by atoms with van der Waals surface area (Å²) in [4.78, 5) is 10.3. The number of nitrogens with one attached hydrogen (secondary N) is 2. The molecular weight excluding hydrogens is 182 g/mol. The van der Waals surface area contributed by atoms with Crippen molar-refractivity contribution in [3.05, 3.63) is 29.8 Å². The summed E-state index contributed by atoms with van der Waals surface area (Å²) in [6.07, 6.45) is 0. The zero-order valence-corrected chi connectivity index (χ0v) is 7.91. The fraction of sp³-hybridized carbons (Fsp3) is 0.222. The number of benzene rings is 1. The average molecular weight is 195 g/mol. The third-order valence-electron chi connectivity index (χ3n) is 1.66. The van der Waals surface area contributed by atoms with Gasteiger partial charge < -0.3 is 10.5 Å². The Kier molecular flexibility index (Phi) is 3.75. The number of urea groups is 1. The third-order valence-corrected chi connectivity index (χ3v) is 1.66. The number of primary amides is 1. The summed E-state index contributed by atoms with van der Waals surface area (Å²) in [5, 5.41) is 0. The normalized spacial score (nSPS) is 9.50. The molecule has 14 heavy (non-hydrogen) atoms. The first-order valence-corrected chi connectivity index (χ1v) is 4.13. The summed E-state index contributed by atoms with van der Waals surface area (Å²) in [6.45, 7) is 0.521. The Morgan fingerprint density at radius 2 is 2.07 bits per heavy atom. The van der Waals surface area contributed by atoms with E-state index in [4.69, 9.17) is 10.5 Å². The predicted octanol–water partition coefficient (Wildman–Crippen LogP) is 0.368. The summed E-state index contributed by atoms with van der Waals surface area (Å²) in [6, 6.07) is 6.89. The minimum atomic E-state index is -0.599. The Balaban J connectivity index is 2.40. The zero-order chi connectivity index (χ0) is 10.4. The smallest absolute Gasteiger partial charge is 0.326 e. The van der Waals surface area contributed by atoms with Crippen molar-refractivity contribution in [1.82, 2.24) is 10.9 Å². The van der Waals surface area contributed by atoms with E-state index in [0.717, 1.165) is 11.3 Å². The van der Waals surface area contributed by atoms with Crippen molar-refractivity contribution in [2.75, 3.05) is 7.11 Å². The molecule has 0 aliphatic heterocycles. The van der Waals surface area contributed by atoms with Crippen LogP contribution in [0.25, 0.3) is 0 Å². The summed E-state index contributed by atoms with van der Waals surface area (Å²) in [5.74, 6) is 0.802. The minimum absolute atomic E-state index is 0.521. The number of hydrogen-bond acceptors (Lipinski definition) is 3. The van der Waals surface area contributed by atoms with Crippen LogP contribution in [0.15, 0.2) is 24.3 Å². The highest BCUT2D eigenvalue weighted by atomic mass is 16.5. The molecule has 0 bridgehead atoms. The van der Waals surface area contributed by atoms with E-state index < -0.39 is 6.03 Å². The first kappa shape index (κ1) is 10.3. The number of carbonyl (C=O) groups is 1. The van der Waals surface area contributed by atoms with Gasteiger partial charge in [-0.1, -0.05) is 12.1 Å². The number of ether oxygens (including phenoxy) is 1. The van der Waals surface area contributed by atoms with E-state index >= 15 is 0 Å². The second kappa shape index (κ2) is 5.08. The van der Waals surface area contributed by atoms with Gasteiger partial charge in [0.1, 0.15) is 5.75 Å². The lowest BCUT2D eigenvalue weighted by atomic mass is 10.2. The third kappa shape index (κ3) is 3.32. The maximum atomic E-state index is 10.3. The molecule has 0 aliphatic carbocycles. The Labute approximate surface area is 82.2 Å². The number of methoxy groups -OCH3 is 1. The largest absolute Gasteiger partial charge is 0.497 e. The second-order valence-electron chi connectivity index (χ2n) is 2.69. The molecule has 0 radical (unpaired) electrons. The van der Waals surface area contributed by atoms with Crippen LogP contribution in [0.2, 0.25) is 0 Å². The van der Waals surface area contributed by atoms with E-state index in [1.54, 1.807) is 7.11 Å². The van der Waals surface area contributed by atoms with Crippen molar-refractivity contribution >= 4 is 6.03 Å². The van der Waals surface area contributed by atoms with Gasteiger partial charge >= 0.3 is 6.03 Å². The van der Waals surface area contributed by atoms with Crippen molar-refractivity contribution < 1.29 is 9.53 Å². The van der Waals surface area contributed by atoms with Gasteiger partial charge in [-0.3, -0.25) is 5.43 Å². The molecule has 0 spiro atoms. The van der Waals surface area contributed by atoms with Gasteiger partial charge in [-0.15, -0.1) is 0 Å². The lowest BCUT2D eigenvalue weighted by Gasteiger charge is -2.05. The maximum Gasteiger partial charge on any atom is 0.326 e. The number of hydrogen-bond donors (Lipinski definition) is 3. The molecule has 2 amide bonds. The van der Waals surface area contributed by atoms with E-state index in [2.05, 4.69) is 10.9 Å². The highest BCUT2D eigenvalue weighted by molar-refractivity contribution is 5.70. The molecule has 5 heteroatoms. The van der Waals surface area contributed by atoms with Crippen molar-refractivity contribution in [1.29, 1.82) is 0 Å². The van der Waals surface area contributed by atoms with Gasteiger partial charge in [-0.2, -0.15) is 0 Å². The molecule has 0 saturated carbocycles. The monoisotopic (exact) mass is 195 g/mol. The van der Waals surface area contributed by atoms with Crippen LogP contribution in [-0.2, 0) is 6.54 Å². The Morgan fingerprint density at radius 3 is 2.57 bits per heavy atom. The number of carbonyl (C=O) groups excluding carboxylic acids is 1.